The Kier molecular flexibility index (Phi) is 10.8. The molecule has 0 rings (SSSR count). The minimum atomic E-state index is 1.03. The number of hydrogen-bond donors (Lipinski definition) is 0. The van der Waals surface area contributed by atoms with Crippen LogP contribution in [-0.4, -0.2) is 0 Å². The molecule has 0 aromatic rings. The first-order valence-electron chi connectivity index (χ1n) is 7.70. The molecular weight excluding hydrogens is 240 g/mol. The molecule has 0 heteroatoms. The molecule has 0 saturated heterocycles. The smallest absolute Gasteiger partial charge is 0.0250 e. The third-order valence-corrected chi connectivity index (χ3v) is 3.37. The van der Waals surface area contributed by atoms with E-state index in [0.29, 0.717) is 0 Å². The molecule has 0 unspecified atom stereocenters. The molecule has 112 valence electrons. The van der Waals surface area contributed by atoms with Crippen molar-refractivity contribution in [3.05, 3.63) is 59.8 Å². The zero-order chi connectivity index (χ0) is 15.4. The maximum Gasteiger partial charge on any atom is -0.0250 e. The first kappa shape index (κ1) is 18.7. The highest BCUT2D eigenvalue weighted by Crippen LogP contribution is 2.13. The second-order valence-corrected chi connectivity index (χ2v) is 5.86. The first-order chi connectivity index (χ1) is 9.45. The highest BCUT2D eigenvalue weighted by atomic mass is 14.0. The molecule has 0 amide bonds. The number of hydrogen-bond acceptors (Lipinski definition) is 0. The molecule has 0 aliphatic heterocycles. The molecule has 0 saturated carbocycles. The standard InChI is InChI=1S/C20H32/c1-7-18(4)12-9-14-20(6)16-10-15-19(5)13-8-11-17(2)3/h7,11,14-15H,1,4,8-10,12-13,16H2,2-3,5-6H3/b19-15+,20-14+. The third kappa shape index (κ3) is 11.8. The molecule has 20 heavy (non-hydrogen) atoms. The van der Waals surface area contributed by atoms with E-state index in [1.807, 2.05) is 6.08 Å². The van der Waals surface area contributed by atoms with E-state index in [4.69, 9.17) is 0 Å². The van der Waals surface area contributed by atoms with Crippen molar-refractivity contribution in [1.29, 1.82) is 0 Å². The average molecular weight is 272 g/mol. The van der Waals surface area contributed by atoms with Gasteiger partial charge in [0.25, 0.3) is 0 Å². The maximum atomic E-state index is 3.93. The fourth-order valence-electron chi connectivity index (χ4n) is 1.94. The molecule has 0 fully saturated rings. The Hall–Kier alpha value is -1.30. The average Bonchev–Trinajstić information content (AvgIpc) is 2.38. The van der Waals surface area contributed by atoms with Crippen LogP contribution in [0.25, 0.3) is 0 Å². The normalized spacial score (nSPS) is 12.2. The van der Waals surface area contributed by atoms with Gasteiger partial charge in [0.05, 0.1) is 0 Å². The van der Waals surface area contributed by atoms with Gasteiger partial charge in [-0.05, 0) is 66.2 Å². The predicted molar refractivity (Wildman–Crippen MR) is 94.0 cm³/mol. The van der Waals surface area contributed by atoms with Gasteiger partial charge >= 0.3 is 0 Å². The lowest BCUT2D eigenvalue weighted by atomic mass is 10.0. The van der Waals surface area contributed by atoms with Crippen molar-refractivity contribution in [3.63, 3.8) is 0 Å². The van der Waals surface area contributed by atoms with Crippen molar-refractivity contribution in [2.24, 2.45) is 0 Å². The van der Waals surface area contributed by atoms with Gasteiger partial charge in [-0.2, -0.15) is 0 Å². The molecular formula is C20H32. The van der Waals surface area contributed by atoms with E-state index in [-0.39, 0.29) is 0 Å². The molecule has 0 bridgehead atoms. The second-order valence-electron chi connectivity index (χ2n) is 5.86. The monoisotopic (exact) mass is 272 g/mol. The molecule has 0 aliphatic carbocycles. The van der Waals surface area contributed by atoms with E-state index < -0.39 is 0 Å². The van der Waals surface area contributed by atoms with Crippen LogP contribution >= 0.6 is 0 Å². The molecule has 0 heterocycles. The molecule has 0 spiro atoms. The van der Waals surface area contributed by atoms with Gasteiger partial charge in [-0.15, -0.1) is 0 Å². The van der Waals surface area contributed by atoms with Crippen LogP contribution in [0, 0.1) is 0 Å². The molecule has 0 aromatic carbocycles. The fraction of sp³-hybridized carbons (Fsp3) is 0.500. The van der Waals surface area contributed by atoms with Gasteiger partial charge in [-0.1, -0.05) is 59.8 Å². The Morgan fingerprint density at radius 1 is 0.750 bits per heavy atom. The van der Waals surface area contributed by atoms with E-state index in [1.54, 1.807) is 0 Å². The zero-order valence-electron chi connectivity index (χ0n) is 14.0. The van der Waals surface area contributed by atoms with E-state index in [1.165, 1.54) is 36.0 Å². The Bertz CT molecular complexity index is 384. The highest BCUT2D eigenvalue weighted by Gasteiger charge is 1.92. The van der Waals surface area contributed by atoms with Gasteiger partial charge in [0.2, 0.25) is 0 Å². The minimum absolute atomic E-state index is 1.03. The van der Waals surface area contributed by atoms with Crippen LogP contribution in [0.5, 0.6) is 0 Å². The fourth-order valence-corrected chi connectivity index (χ4v) is 1.94. The van der Waals surface area contributed by atoms with Crippen LogP contribution in [0.4, 0.5) is 0 Å². The molecule has 0 aromatic heterocycles. The van der Waals surface area contributed by atoms with Crippen LogP contribution in [0.3, 0.4) is 0 Å². The van der Waals surface area contributed by atoms with Crippen LogP contribution in [0.2, 0.25) is 0 Å². The van der Waals surface area contributed by atoms with Crippen LogP contribution < -0.4 is 0 Å². The minimum Gasteiger partial charge on any atom is -0.0988 e. The van der Waals surface area contributed by atoms with Gasteiger partial charge < -0.3 is 0 Å². The van der Waals surface area contributed by atoms with Crippen LogP contribution in [-0.2, 0) is 0 Å². The lowest BCUT2D eigenvalue weighted by Crippen LogP contribution is -1.81. The summed E-state index contributed by atoms with van der Waals surface area (Å²) in [4.78, 5) is 0. The first-order valence-corrected chi connectivity index (χ1v) is 7.70. The Labute approximate surface area is 126 Å². The van der Waals surface area contributed by atoms with Crippen LogP contribution in [0.1, 0.15) is 66.2 Å². The predicted octanol–water partition coefficient (Wildman–Crippen LogP) is 6.93. The summed E-state index contributed by atoms with van der Waals surface area (Å²) in [7, 11) is 0. The summed E-state index contributed by atoms with van der Waals surface area (Å²) in [6.45, 7) is 16.5. The van der Waals surface area contributed by atoms with E-state index >= 15 is 0 Å². The molecule has 0 aliphatic rings. The van der Waals surface area contributed by atoms with Crippen molar-refractivity contribution >= 4 is 0 Å². The molecule has 0 nitrogen and oxygen atoms in total. The Morgan fingerprint density at radius 3 is 1.65 bits per heavy atom. The van der Waals surface area contributed by atoms with Crippen molar-refractivity contribution in [1.82, 2.24) is 0 Å². The second kappa shape index (κ2) is 11.5. The SMILES string of the molecule is C=CC(=C)CC/C=C(\C)CC/C=C(\C)CCC=C(C)C. The molecule has 0 N–H and O–H groups in total. The van der Waals surface area contributed by atoms with Crippen molar-refractivity contribution in [2.75, 3.05) is 0 Å². The number of rotatable bonds is 10. The van der Waals surface area contributed by atoms with Crippen molar-refractivity contribution < 1.29 is 0 Å². The largest absolute Gasteiger partial charge is 0.0988 e. The Balaban J connectivity index is 3.90. The summed E-state index contributed by atoms with van der Waals surface area (Å²) in [5, 5.41) is 0. The maximum absolute atomic E-state index is 3.93. The summed E-state index contributed by atoms with van der Waals surface area (Å²) in [6.07, 6.45) is 15.7. The van der Waals surface area contributed by atoms with E-state index in [0.717, 1.165) is 24.8 Å². The van der Waals surface area contributed by atoms with Gasteiger partial charge in [0.15, 0.2) is 0 Å². The zero-order valence-corrected chi connectivity index (χ0v) is 14.0. The summed E-state index contributed by atoms with van der Waals surface area (Å²) in [5.74, 6) is 0. The van der Waals surface area contributed by atoms with Gasteiger partial charge in [-0.25, -0.2) is 0 Å². The highest BCUT2D eigenvalue weighted by molar-refractivity contribution is 5.12. The van der Waals surface area contributed by atoms with Gasteiger partial charge in [0, 0.05) is 0 Å². The quantitative estimate of drug-likeness (QED) is 0.299. The summed E-state index contributed by atoms with van der Waals surface area (Å²) in [6, 6.07) is 0. The molecule has 0 atom stereocenters. The summed E-state index contributed by atoms with van der Waals surface area (Å²) in [5.41, 5.74) is 5.53. The number of allylic oxidation sites excluding steroid dienone is 8. The van der Waals surface area contributed by atoms with E-state index in [9.17, 15) is 0 Å². The van der Waals surface area contributed by atoms with Crippen molar-refractivity contribution in [3.8, 4) is 0 Å². The Morgan fingerprint density at radius 2 is 1.20 bits per heavy atom. The lowest BCUT2D eigenvalue weighted by Gasteiger charge is -2.02. The summed E-state index contributed by atoms with van der Waals surface area (Å²) >= 11 is 0. The summed E-state index contributed by atoms with van der Waals surface area (Å²) < 4.78 is 0. The topological polar surface area (TPSA) is 0 Å². The van der Waals surface area contributed by atoms with Crippen molar-refractivity contribution in [2.45, 2.75) is 66.2 Å². The lowest BCUT2D eigenvalue weighted by molar-refractivity contribution is 0.904. The van der Waals surface area contributed by atoms with Crippen LogP contribution in [0.15, 0.2) is 59.8 Å². The molecule has 0 radical (unpaired) electrons. The van der Waals surface area contributed by atoms with E-state index in [2.05, 4.69) is 59.1 Å². The third-order valence-electron chi connectivity index (χ3n) is 3.37. The van der Waals surface area contributed by atoms with Gasteiger partial charge in [0.1, 0.15) is 0 Å². The van der Waals surface area contributed by atoms with Gasteiger partial charge in [-0.3, -0.25) is 0 Å².